The molecule has 0 amide bonds. The zero-order chi connectivity index (χ0) is 19.8. The Bertz CT molecular complexity index is 887. The lowest BCUT2D eigenvalue weighted by atomic mass is 10.1. The lowest BCUT2D eigenvalue weighted by molar-refractivity contribution is 0.185. The van der Waals surface area contributed by atoms with Crippen molar-refractivity contribution in [3.63, 3.8) is 0 Å². The summed E-state index contributed by atoms with van der Waals surface area (Å²) in [5.74, 6) is 1.71. The first-order valence-corrected chi connectivity index (χ1v) is 9.27. The number of hydrogen-bond acceptors (Lipinski definition) is 3. The SMILES string of the molecule is CN=C(NCc1ccc(COC)cc1)N(C)Cc1ncc(-c2ccccc2)[nH]1. The number of benzene rings is 2. The Morgan fingerprint density at radius 2 is 1.82 bits per heavy atom. The topological polar surface area (TPSA) is 65.5 Å². The van der Waals surface area contributed by atoms with Crippen LogP contribution in [0.5, 0.6) is 0 Å². The fourth-order valence-corrected chi connectivity index (χ4v) is 2.99. The molecule has 2 N–H and O–H groups in total. The van der Waals surface area contributed by atoms with Crippen LogP contribution in [0.3, 0.4) is 0 Å². The Balaban J connectivity index is 1.56. The van der Waals surface area contributed by atoms with Crippen LogP contribution in [0.4, 0.5) is 0 Å². The number of methoxy groups -OCH3 is 1. The van der Waals surface area contributed by atoms with Gasteiger partial charge in [0.15, 0.2) is 5.96 Å². The number of imidazole rings is 1. The van der Waals surface area contributed by atoms with Gasteiger partial charge in [-0.25, -0.2) is 4.98 Å². The van der Waals surface area contributed by atoms with Crippen LogP contribution in [0, 0.1) is 0 Å². The summed E-state index contributed by atoms with van der Waals surface area (Å²) in [5.41, 5.74) is 4.50. The average Bonchev–Trinajstić information content (AvgIpc) is 3.19. The van der Waals surface area contributed by atoms with Crippen LogP contribution in [-0.4, -0.2) is 42.0 Å². The molecule has 1 heterocycles. The van der Waals surface area contributed by atoms with Gasteiger partial charge in [-0.1, -0.05) is 54.6 Å². The number of nitrogens with zero attached hydrogens (tertiary/aromatic N) is 3. The third-order valence-electron chi connectivity index (χ3n) is 4.46. The number of ether oxygens (including phenoxy) is 1. The van der Waals surface area contributed by atoms with E-state index in [1.54, 1.807) is 14.2 Å². The molecule has 0 bridgehead atoms. The number of nitrogens with one attached hydrogen (secondary N) is 2. The second-order valence-electron chi connectivity index (χ2n) is 6.62. The highest BCUT2D eigenvalue weighted by Gasteiger charge is 2.10. The Kier molecular flexibility index (Phi) is 6.81. The van der Waals surface area contributed by atoms with E-state index in [1.165, 1.54) is 11.1 Å². The molecule has 0 radical (unpaired) electrons. The third-order valence-corrected chi connectivity index (χ3v) is 4.46. The number of H-pyrrole nitrogens is 1. The highest BCUT2D eigenvalue weighted by Crippen LogP contribution is 2.16. The van der Waals surface area contributed by atoms with Gasteiger partial charge >= 0.3 is 0 Å². The van der Waals surface area contributed by atoms with Crippen molar-refractivity contribution in [3.05, 3.63) is 77.7 Å². The molecule has 0 aliphatic heterocycles. The summed E-state index contributed by atoms with van der Waals surface area (Å²) in [6, 6.07) is 18.6. The van der Waals surface area contributed by atoms with Crippen LogP contribution in [0.1, 0.15) is 17.0 Å². The minimum Gasteiger partial charge on any atom is -0.380 e. The van der Waals surface area contributed by atoms with Gasteiger partial charge in [0.05, 0.1) is 25.0 Å². The fourth-order valence-electron chi connectivity index (χ4n) is 2.99. The molecule has 0 saturated heterocycles. The van der Waals surface area contributed by atoms with Crippen molar-refractivity contribution in [3.8, 4) is 11.3 Å². The van der Waals surface area contributed by atoms with Gasteiger partial charge in [-0.2, -0.15) is 0 Å². The minimum atomic E-state index is 0.631. The molecule has 146 valence electrons. The van der Waals surface area contributed by atoms with Crippen LogP contribution >= 0.6 is 0 Å². The van der Waals surface area contributed by atoms with Gasteiger partial charge in [-0.05, 0) is 16.7 Å². The van der Waals surface area contributed by atoms with Gasteiger partial charge in [0, 0.05) is 27.7 Å². The van der Waals surface area contributed by atoms with E-state index in [4.69, 9.17) is 4.74 Å². The number of rotatable bonds is 7. The summed E-state index contributed by atoms with van der Waals surface area (Å²) in [4.78, 5) is 14.3. The minimum absolute atomic E-state index is 0.631. The zero-order valence-corrected chi connectivity index (χ0v) is 16.6. The first-order valence-electron chi connectivity index (χ1n) is 9.27. The molecule has 0 aliphatic rings. The van der Waals surface area contributed by atoms with Crippen molar-refractivity contribution in [1.82, 2.24) is 20.2 Å². The molecule has 28 heavy (non-hydrogen) atoms. The molecule has 3 rings (SSSR count). The zero-order valence-electron chi connectivity index (χ0n) is 16.6. The Labute approximate surface area is 166 Å². The summed E-state index contributed by atoms with van der Waals surface area (Å²) in [5, 5.41) is 3.40. The summed E-state index contributed by atoms with van der Waals surface area (Å²) in [6.45, 7) is 1.98. The maximum Gasteiger partial charge on any atom is 0.194 e. The molecule has 6 heteroatoms. The van der Waals surface area contributed by atoms with Crippen molar-refractivity contribution in [1.29, 1.82) is 0 Å². The van der Waals surface area contributed by atoms with E-state index in [-0.39, 0.29) is 0 Å². The highest BCUT2D eigenvalue weighted by atomic mass is 16.5. The van der Waals surface area contributed by atoms with Crippen molar-refractivity contribution < 1.29 is 4.74 Å². The van der Waals surface area contributed by atoms with Crippen molar-refractivity contribution in [2.75, 3.05) is 21.2 Å². The van der Waals surface area contributed by atoms with Gasteiger partial charge in [-0.15, -0.1) is 0 Å². The van der Waals surface area contributed by atoms with Crippen LogP contribution in [0.2, 0.25) is 0 Å². The third kappa shape index (κ3) is 5.20. The number of hydrogen-bond donors (Lipinski definition) is 2. The van der Waals surface area contributed by atoms with Gasteiger partial charge in [0.25, 0.3) is 0 Å². The molecule has 0 atom stereocenters. The Morgan fingerprint density at radius 1 is 1.11 bits per heavy atom. The molecule has 2 aromatic carbocycles. The molecule has 0 saturated carbocycles. The summed E-state index contributed by atoms with van der Waals surface area (Å²) >= 11 is 0. The maximum atomic E-state index is 5.15. The Morgan fingerprint density at radius 3 is 2.50 bits per heavy atom. The second-order valence-corrected chi connectivity index (χ2v) is 6.62. The second kappa shape index (κ2) is 9.71. The van der Waals surface area contributed by atoms with E-state index in [1.807, 2.05) is 36.3 Å². The lowest BCUT2D eigenvalue weighted by Gasteiger charge is -2.21. The highest BCUT2D eigenvalue weighted by molar-refractivity contribution is 5.79. The molecule has 0 spiro atoms. The normalized spacial score (nSPS) is 11.5. The first kappa shape index (κ1) is 19.6. The molecule has 0 unspecified atom stereocenters. The molecule has 0 fully saturated rings. The first-order chi connectivity index (χ1) is 13.7. The van der Waals surface area contributed by atoms with E-state index in [0.29, 0.717) is 19.7 Å². The van der Waals surface area contributed by atoms with Gasteiger partial charge in [0.1, 0.15) is 5.82 Å². The van der Waals surface area contributed by atoms with E-state index in [2.05, 4.69) is 56.7 Å². The smallest absolute Gasteiger partial charge is 0.194 e. The summed E-state index contributed by atoms with van der Waals surface area (Å²) < 4.78 is 5.15. The molecular formula is C22H27N5O. The van der Waals surface area contributed by atoms with Crippen LogP contribution in [0.25, 0.3) is 11.3 Å². The van der Waals surface area contributed by atoms with Crippen molar-refractivity contribution in [2.24, 2.45) is 4.99 Å². The number of guanidine groups is 1. The molecule has 6 nitrogen and oxygen atoms in total. The van der Waals surface area contributed by atoms with Gasteiger partial charge in [-0.3, -0.25) is 4.99 Å². The average molecular weight is 377 g/mol. The number of aromatic nitrogens is 2. The molecular weight excluding hydrogens is 350 g/mol. The van der Waals surface area contributed by atoms with Gasteiger partial charge in [0.2, 0.25) is 0 Å². The van der Waals surface area contributed by atoms with Crippen LogP contribution in [-0.2, 0) is 24.4 Å². The van der Waals surface area contributed by atoms with Crippen LogP contribution in [0.15, 0.2) is 65.8 Å². The molecule has 0 aliphatic carbocycles. The van der Waals surface area contributed by atoms with E-state index in [0.717, 1.165) is 23.0 Å². The van der Waals surface area contributed by atoms with E-state index >= 15 is 0 Å². The predicted octanol–water partition coefficient (Wildman–Crippen LogP) is 3.43. The largest absolute Gasteiger partial charge is 0.380 e. The standard InChI is InChI=1S/C22H27N5O/c1-23-22(25-13-17-9-11-18(12-10-17)16-28-3)27(2)15-21-24-14-20(26-21)19-7-5-4-6-8-19/h4-12,14H,13,15-16H2,1-3H3,(H,23,25)(H,24,26). The van der Waals surface area contributed by atoms with Crippen molar-refractivity contribution >= 4 is 5.96 Å². The number of aromatic amines is 1. The predicted molar refractivity (Wildman–Crippen MR) is 113 cm³/mol. The quantitative estimate of drug-likeness (QED) is 0.489. The Hall–Kier alpha value is -3.12. The number of aliphatic imine (C=N–C) groups is 1. The van der Waals surface area contributed by atoms with Crippen LogP contribution < -0.4 is 5.32 Å². The van der Waals surface area contributed by atoms with E-state index in [9.17, 15) is 0 Å². The molecule has 1 aromatic heterocycles. The molecule has 3 aromatic rings. The summed E-state index contributed by atoms with van der Waals surface area (Å²) in [6.07, 6.45) is 1.87. The van der Waals surface area contributed by atoms with Crippen molar-refractivity contribution in [2.45, 2.75) is 19.7 Å². The van der Waals surface area contributed by atoms with Gasteiger partial charge < -0.3 is 19.9 Å². The monoisotopic (exact) mass is 377 g/mol. The maximum absolute atomic E-state index is 5.15. The van der Waals surface area contributed by atoms with E-state index < -0.39 is 0 Å². The lowest BCUT2D eigenvalue weighted by Crippen LogP contribution is -2.38. The fraction of sp³-hybridized carbons (Fsp3) is 0.273. The summed E-state index contributed by atoms with van der Waals surface area (Å²) in [7, 11) is 5.50.